The van der Waals surface area contributed by atoms with Crippen molar-refractivity contribution in [2.24, 2.45) is 17.6 Å². The Labute approximate surface area is 158 Å². The van der Waals surface area contributed by atoms with Crippen molar-refractivity contribution < 1.29 is 24.6 Å². The van der Waals surface area contributed by atoms with E-state index in [4.69, 9.17) is 10.8 Å². The van der Waals surface area contributed by atoms with Crippen LogP contribution in [0.4, 0.5) is 0 Å². The smallest absolute Gasteiger partial charge is 0.328 e. The van der Waals surface area contributed by atoms with Crippen LogP contribution in [0.25, 0.3) is 0 Å². The Morgan fingerprint density at radius 1 is 1.23 bits per heavy atom. The van der Waals surface area contributed by atoms with Crippen molar-refractivity contribution >= 4 is 29.5 Å². The third-order valence-electron chi connectivity index (χ3n) is 4.80. The van der Waals surface area contributed by atoms with Gasteiger partial charge in [-0.05, 0) is 57.0 Å². The largest absolute Gasteiger partial charge is 0.480 e. The van der Waals surface area contributed by atoms with Gasteiger partial charge in [0.25, 0.3) is 0 Å². The summed E-state index contributed by atoms with van der Waals surface area (Å²) in [6.45, 7) is 1.88. The fourth-order valence-electron chi connectivity index (χ4n) is 3.04. The van der Waals surface area contributed by atoms with Gasteiger partial charge < -0.3 is 26.6 Å². The van der Waals surface area contributed by atoms with Gasteiger partial charge in [0.1, 0.15) is 0 Å². The molecule has 2 amide bonds. The van der Waals surface area contributed by atoms with E-state index in [0.29, 0.717) is 31.7 Å². The summed E-state index contributed by atoms with van der Waals surface area (Å²) in [4.78, 5) is 35.2. The zero-order valence-electron chi connectivity index (χ0n) is 15.4. The number of hydrogen-bond acceptors (Lipinski definition) is 6. The Morgan fingerprint density at radius 2 is 1.85 bits per heavy atom. The Bertz CT molecular complexity index is 481. The van der Waals surface area contributed by atoms with E-state index in [1.54, 1.807) is 11.8 Å². The van der Waals surface area contributed by atoms with Gasteiger partial charge in [-0.15, -0.1) is 0 Å². The number of carboxylic acids is 1. The number of aliphatic carboxylic acids is 1. The van der Waals surface area contributed by atoms with Crippen LogP contribution in [-0.4, -0.2) is 64.7 Å². The average molecular weight is 390 g/mol. The molecule has 1 aliphatic carbocycles. The van der Waals surface area contributed by atoms with E-state index in [9.17, 15) is 19.5 Å². The molecular formula is C17H31N3O5S. The molecule has 0 aromatic rings. The van der Waals surface area contributed by atoms with Crippen LogP contribution >= 0.6 is 11.8 Å². The minimum absolute atomic E-state index is 0.139. The molecule has 0 radical (unpaired) electrons. The van der Waals surface area contributed by atoms with E-state index in [1.807, 2.05) is 6.26 Å². The van der Waals surface area contributed by atoms with Crippen LogP contribution in [0.15, 0.2) is 0 Å². The number of carboxylic acid groups (broad SMARTS) is 1. The predicted molar refractivity (Wildman–Crippen MR) is 101 cm³/mol. The molecule has 0 heterocycles. The highest BCUT2D eigenvalue weighted by atomic mass is 32.2. The molecule has 0 bridgehead atoms. The summed E-state index contributed by atoms with van der Waals surface area (Å²) in [5, 5.41) is 23.8. The third-order valence-corrected chi connectivity index (χ3v) is 5.44. The molecule has 150 valence electrons. The van der Waals surface area contributed by atoms with Gasteiger partial charge in [-0.25, -0.2) is 4.79 Å². The molecule has 1 rings (SSSR count). The van der Waals surface area contributed by atoms with E-state index < -0.39 is 24.2 Å². The van der Waals surface area contributed by atoms with Gasteiger partial charge in [-0.2, -0.15) is 11.8 Å². The maximum Gasteiger partial charge on any atom is 0.328 e. The molecule has 0 spiro atoms. The lowest BCUT2D eigenvalue weighted by Crippen LogP contribution is -2.50. The minimum Gasteiger partial charge on any atom is -0.480 e. The van der Waals surface area contributed by atoms with Crippen LogP contribution in [0.5, 0.6) is 0 Å². The first-order chi connectivity index (χ1) is 12.3. The molecule has 1 aliphatic rings. The number of aliphatic hydroxyl groups excluding tert-OH is 1. The van der Waals surface area contributed by atoms with Crippen LogP contribution < -0.4 is 16.4 Å². The summed E-state index contributed by atoms with van der Waals surface area (Å²) in [5.41, 5.74) is 5.83. The van der Waals surface area contributed by atoms with Gasteiger partial charge in [0.15, 0.2) is 6.04 Å². The van der Waals surface area contributed by atoms with Gasteiger partial charge in [-0.3, -0.25) is 9.59 Å². The molecule has 0 saturated heterocycles. The number of aliphatic hydroxyl groups is 1. The number of rotatable bonds is 10. The summed E-state index contributed by atoms with van der Waals surface area (Å²) >= 11 is 1.65. The lowest BCUT2D eigenvalue weighted by atomic mass is 9.81. The molecular weight excluding hydrogens is 358 g/mol. The topological polar surface area (TPSA) is 142 Å². The van der Waals surface area contributed by atoms with Gasteiger partial charge >= 0.3 is 5.97 Å². The van der Waals surface area contributed by atoms with E-state index >= 15 is 0 Å². The monoisotopic (exact) mass is 389 g/mol. The molecule has 1 fully saturated rings. The van der Waals surface area contributed by atoms with Gasteiger partial charge in [-0.1, -0.05) is 0 Å². The molecule has 6 N–H and O–H groups in total. The zero-order valence-corrected chi connectivity index (χ0v) is 16.3. The molecule has 9 heteroatoms. The Balaban J connectivity index is 2.34. The van der Waals surface area contributed by atoms with E-state index in [0.717, 1.165) is 18.6 Å². The average Bonchev–Trinajstić information content (AvgIpc) is 2.61. The number of thioether (sulfide) groups is 1. The molecule has 0 aromatic carbocycles. The van der Waals surface area contributed by atoms with Crippen LogP contribution in [0.2, 0.25) is 0 Å². The van der Waals surface area contributed by atoms with Crippen molar-refractivity contribution in [3.63, 3.8) is 0 Å². The highest BCUT2D eigenvalue weighted by Crippen LogP contribution is 2.28. The van der Waals surface area contributed by atoms with Crippen molar-refractivity contribution in [2.75, 3.05) is 18.6 Å². The second kappa shape index (κ2) is 11.4. The molecule has 0 unspecified atom stereocenters. The third kappa shape index (κ3) is 7.51. The normalized spacial score (nSPS) is 23.5. The number of carbonyl (C=O) groups is 3. The van der Waals surface area contributed by atoms with Crippen molar-refractivity contribution in [3.8, 4) is 0 Å². The van der Waals surface area contributed by atoms with Gasteiger partial charge in [0.05, 0.1) is 12.1 Å². The highest BCUT2D eigenvalue weighted by molar-refractivity contribution is 7.98. The number of nitrogens with one attached hydrogen (secondary N) is 2. The highest BCUT2D eigenvalue weighted by Gasteiger charge is 2.31. The summed E-state index contributed by atoms with van der Waals surface area (Å²) in [6, 6.07) is -1.78. The Kier molecular flexibility index (Phi) is 9.97. The standard InChI is InChI=1S/C17H31N3O5S/c1-10(21)14(17(24)25)20-15(22)12-5-3-11(4-6-12)9-19-16(23)13(18)7-8-26-2/h10-14,21H,3-9,18H2,1-2H3,(H,19,23)(H,20,22)(H,24,25)/t10-,11?,12?,13-,14+/m0/s1. The molecule has 0 aliphatic heterocycles. The molecule has 8 nitrogen and oxygen atoms in total. The molecule has 3 atom stereocenters. The van der Waals surface area contributed by atoms with Crippen LogP contribution in [0.3, 0.4) is 0 Å². The summed E-state index contributed by atoms with van der Waals surface area (Å²) in [6.07, 6.45) is 4.30. The fraction of sp³-hybridized carbons (Fsp3) is 0.824. The number of nitrogens with two attached hydrogens (primary N) is 1. The maximum atomic E-state index is 12.2. The molecule has 1 saturated carbocycles. The van der Waals surface area contributed by atoms with Gasteiger partial charge in [0.2, 0.25) is 11.8 Å². The first-order valence-corrected chi connectivity index (χ1v) is 10.4. The zero-order chi connectivity index (χ0) is 19.7. The number of carbonyl (C=O) groups excluding carboxylic acids is 2. The van der Waals surface area contributed by atoms with Crippen molar-refractivity contribution in [3.05, 3.63) is 0 Å². The fourth-order valence-corrected chi connectivity index (χ4v) is 3.53. The molecule has 0 aromatic heterocycles. The second-order valence-corrected chi connectivity index (χ2v) is 7.90. The lowest BCUT2D eigenvalue weighted by molar-refractivity contribution is -0.145. The van der Waals surface area contributed by atoms with Crippen LogP contribution in [0, 0.1) is 11.8 Å². The summed E-state index contributed by atoms with van der Waals surface area (Å²) < 4.78 is 0. The number of amides is 2. The maximum absolute atomic E-state index is 12.2. The summed E-state index contributed by atoms with van der Waals surface area (Å²) in [7, 11) is 0. The first-order valence-electron chi connectivity index (χ1n) is 8.99. The lowest BCUT2D eigenvalue weighted by Gasteiger charge is -2.29. The van der Waals surface area contributed by atoms with E-state index in [-0.39, 0.29) is 17.7 Å². The van der Waals surface area contributed by atoms with E-state index in [2.05, 4.69) is 10.6 Å². The van der Waals surface area contributed by atoms with Gasteiger partial charge in [0, 0.05) is 12.5 Å². The second-order valence-electron chi connectivity index (χ2n) is 6.92. The predicted octanol–water partition coefficient (Wildman–Crippen LogP) is -0.0604. The Hall–Kier alpha value is -1.32. The SMILES string of the molecule is CSCC[C@H](N)C(=O)NCC1CCC(C(=O)N[C@@H](C(=O)O)[C@H](C)O)CC1. The first kappa shape index (κ1) is 22.7. The van der Waals surface area contributed by atoms with Crippen molar-refractivity contribution in [1.82, 2.24) is 10.6 Å². The van der Waals surface area contributed by atoms with Crippen molar-refractivity contribution in [2.45, 2.75) is 57.2 Å². The Morgan fingerprint density at radius 3 is 2.35 bits per heavy atom. The van der Waals surface area contributed by atoms with Crippen molar-refractivity contribution in [1.29, 1.82) is 0 Å². The van der Waals surface area contributed by atoms with Crippen LogP contribution in [0.1, 0.15) is 39.0 Å². The van der Waals surface area contributed by atoms with Crippen LogP contribution in [-0.2, 0) is 14.4 Å². The quantitative estimate of drug-likeness (QED) is 0.352. The summed E-state index contributed by atoms with van der Waals surface area (Å²) in [5.74, 6) is -0.838. The van der Waals surface area contributed by atoms with E-state index in [1.165, 1.54) is 6.92 Å². The number of hydrogen-bond donors (Lipinski definition) is 5. The molecule has 26 heavy (non-hydrogen) atoms. The minimum atomic E-state index is -1.29.